The van der Waals surface area contributed by atoms with Crippen LogP contribution in [0.25, 0.3) is 0 Å². The molecule has 4 atom stereocenters. The van der Waals surface area contributed by atoms with Gasteiger partial charge in [-0.3, -0.25) is 0 Å². The molecule has 1 aliphatic carbocycles. The summed E-state index contributed by atoms with van der Waals surface area (Å²) >= 11 is 0. The number of hydrogen-bond acceptors (Lipinski definition) is 7. The summed E-state index contributed by atoms with van der Waals surface area (Å²) in [6.07, 6.45) is 0.831. The molecule has 0 unspecified atom stereocenters. The average Bonchev–Trinajstić information content (AvgIpc) is 3.21. The molecule has 2 aliphatic rings. The molecular weight excluding hydrogens is 388 g/mol. The summed E-state index contributed by atoms with van der Waals surface area (Å²) in [6.45, 7) is 0.0301. The Morgan fingerprint density at radius 3 is 2.43 bits per heavy atom. The molecule has 0 saturated carbocycles. The first kappa shape index (κ1) is 20.1. The van der Waals surface area contributed by atoms with Crippen molar-refractivity contribution < 1.29 is 33.3 Å². The third kappa shape index (κ3) is 4.22. The Labute approximate surface area is 174 Å². The Bertz CT molecular complexity index is 912. The standard InChI is InChI=1S/C23H22O7/c1-26-21(24)23(30-22(25)27-15-16-8-4-2-5-9-16)13-12-18-19(14-23)29-20(28-18)17-10-6-3-7-11-17/h2-13,18-20H,14-15H2,1H3/t18-,19+,20-,23+/m0/s1. The summed E-state index contributed by atoms with van der Waals surface area (Å²) in [5.41, 5.74) is 0.0322. The van der Waals surface area contributed by atoms with Crippen molar-refractivity contribution in [1.82, 2.24) is 0 Å². The Balaban J connectivity index is 1.45. The molecule has 0 radical (unpaired) electrons. The van der Waals surface area contributed by atoms with Gasteiger partial charge in [0.15, 0.2) is 6.29 Å². The number of hydrogen-bond donors (Lipinski definition) is 0. The second-order valence-corrected chi connectivity index (χ2v) is 7.09. The molecule has 0 bridgehead atoms. The maximum Gasteiger partial charge on any atom is 0.510 e. The van der Waals surface area contributed by atoms with Crippen LogP contribution in [0.3, 0.4) is 0 Å². The van der Waals surface area contributed by atoms with Gasteiger partial charge in [-0.1, -0.05) is 66.7 Å². The summed E-state index contributed by atoms with van der Waals surface area (Å²) in [7, 11) is 1.24. The minimum atomic E-state index is -1.64. The Hall–Kier alpha value is -3.16. The van der Waals surface area contributed by atoms with E-state index < -0.39 is 30.1 Å². The largest absolute Gasteiger partial charge is 0.510 e. The summed E-state index contributed by atoms with van der Waals surface area (Å²) in [4.78, 5) is 24.9. The van der Waals surface area contributed by atoms with Crippen molar-refractivity contribution in [3.8, 4) is 0 Å². The first-order valence-electron chi connectivity index (χ1n) is 9.63. The number of carbonyl (C=O) groups excluding carboxylic acids is 2. The van der Waals surface area contributed by atoms with Gasteiger partial charge in [0, 0.05) is 12.0 Å². The normalized spacial score (nSPS) is 27.2. The second kappa shape index (κ2) is 8.69. The minimum Gasteiger partial charge on any atom is -0.466 e. The van der Waals surface area contributed by atoms with Gasteiger partial charge in [-0.15, -0.1) is 0 Å². The Morgan fingerprint density at radius 2 is 1.73 bits per heavy atom. The number of rotatable bonds is 5. The minimum absolute atomic E-state index is 0.0301. The fourth-order valence-electron chi connectivity index (χ4n) is 3.55. The summed E-state index contributed by atoms with van der Waals surface area (Å²) < 4.78 is 27.5. The lowest BCUT2D eigenvalue weighted by Gasteiger charge is -2.33. The van der Waals surface area contributed by atoms with Crippen LogP contribution in [-0.4, -0.2) is 37.0 Å². The average molecular weight is 410 g/mol. The number of esters is 1. The molecule has 7 nitrogen and oxygen atoms in total. The van der Waals surface area contributed by atoms with E-state index in [4.69, 9.17) is 23.7 Å². The Morgan fingerprint density at radius 1 is 1.03 bits per heavy atom. The van der Waals surface area contributed by atoms with Crippen molar-refractivity contribution in [2.45, 2.75) is 37.1 Å². The number of carbonyl (C=O) groups is 2. The molecule has 4 rings (SSSR count). The molecule has 0 amide bonds. The predicted molar refractivity (Wildman–Crippen MR) is 105 cm³/mol. The van der Waals surface area contributed by atoms with Crippen molar-refractivity contribution in [2.75, 3.05) is 7.11 Å². The van der Waals surface area contributed by atoms with Crippen LogP contribution in [0, 0.1) is 0 Å². The maximum absolute atomic E-state index is 12.5. The van der Waals surface area contributed by atoms with E-state index in [2.05, 4.69) is 0 Å². The van der Waals surface area contributed by atoms with E-state index in [0.29, 0.717) is 0 Å². The van der Waals surface area contributed by atoms with Crippen molar-refractivity contribution in [3.63, 3.8) is 0 Å². The molecule has 2 aromatic carbocycles. The highest BCUT2D eigenvalue weighted by Crippen LogP contribution is 2.40. The third-order valence-corrected chi connectivity index (χ3v) is 5.07. The number of fused-ring (bicyclic) bond motifs is 1. The van der Waals surface area contributed by atoms with Gasteiger partial charge in [-0.25, -0.2) is 9.59 Å². The van der Waals surface area contributed by atoms with E-state index in [-0.39, 0.29) is 19.1 Å². The quantitative estimate of drug-likeness (QED) is 0.549. The third-order valence-electron chi connectivity index (χ3n) is 5.07. The van der Waals surface area contributed by atoms with Crippen molar-refractivity contribution in [3.05, 3.63) is 83.9 Å². The van der Waals surface area contributed by atoms with E-state index in [1.54, 1.807) is 6.08 Å². The molecule has 0 N–H and O–H groups in total. The number of methoxy groups -OCH3 is 1. The van der Waals surface area contributed by atoms with Crippen LogP contribution in [0.1, 0.15) is 23.8 Å². The zero-order valence-corrected chi connectivity index (χ0v) is 16.4. The van der Waals surface area contributed by atoms with Gasteiger partial charge in [0.1, 0.15) is 12.7 Å². The lowest BCUT2D eigenvalue weighted by atomic mass is 9.87. The lowest BCUT2D eigenvalue weighted by Crippen LogP contribution is -2.49. The van der Waals surface area contributed by atoms with Gasteiger partial charge < -0.3 is 23.7 Å². The maximum atomic E-state index is 12.5. The highest BCUT2D eigenvalue weighted by atomic mass is 16.8. The molecule has 2 aromatic rings. The highest BCUT2D eigenvalue weighted by molar-refractivity contribution is 5.85. The topological polar surface area (TPSA) is 80.3 Å². The molecule has 156 valence electrons. The van der Waals surface area contributed by atoms with E-state index in [1.165, 1.54) is 13.2 Å². The van der Waals surface area contributed by atoms with Gasteiger partial charge in [0.25, 0.3) is 0 Å². The van der Waals surface area contributed by atoms with Gasteiger partial charge in [-0.05, 0) is 11.6 Å². The lowest BCUT2D eigenvalue weighted by molar-refractivity contribution is -0.164. The van der Waals surface area contributed by atoms with E-state index in [1.807, 2.05) is 60.7 Å². The SMILES string of the molecule is COC(=O)[C@@]1(OC(=O)OCc2ccccc2)C=C[C@@H]2O[C@H](c3ccccc3)O[C@@H]2C1. The molecule has 30 heavy (non-hydrogen) atoms. The van der Waals surface area contributed by atoms with Crippen LogP contribution >= 0.6 is 0 Å². The summed E-state index contributed by atoms with van der Waals surface area (Å²) in [5, 5.41) is 0. The van der Waals surface area contributed by atoms with E-state index in [9.17, 15) is 9.59 Å². The molecule has 0 aromatic heterocycles. The van der Waals surface area contributed by atoms with Crippen molar-refractivity contribution in [2.24, 2.45) is 0 Å². The van der Waals surface area contributed by atoms with Gasteiger partial charge >= 0.3 is 12.1 Å². The van der Waals surface area contributed by atoms with Crippen LogP contribution in [0.4, 0.5) is 4.79 Å². The molecule has 0 spiro atoms. The zero-order valence-electron chi connectivity index (χ0n) is 16.4. The fourth-order valence-corrected chi connectivity index (χ4v) is 3.55. The van der Waals surface area contributed by atoms with Crippen LogP contribution in [0.15, 0.2) is 72.8 Å². The van der Waals surface area contributed by atoms with Crippen LogP contribution in [-0.2, 0) is 35.1 Å². The smallest absolute Gasteiger partial charge is 0.466 e. The monoisotopic (exact) mass is 410 g/mol. The fraction of sp³-hybridized carbons (Fsp3) is 0.304. The molecule has 1 aliphatic heterocycles. The molecule has 1 heterocycles. The first-order valence-corrected chi connectivity index (χ1v) is 9.63. The first-order chi connectivity index (χ1) is 14.6. The second-order valence-electron chi connectivity index (χ2n) is 7.09. The summed E-state index contributed by atoms with van der Waals surface area (Å²) in [6, 6.07) is 18.7. The molecular formula is C23H22O7. The van der Waals surface area contributed by atoms with Crippen molar-refractivity contribution >= 4 is 12.1 Å². The van der Waals surface area contributed by atoms with Gasteiger partial charge in [-0.2, -0.15) is 0 Å². The summed E-state index contributed by atoms with van der Waals surface area (Å²) in [5.74, 6) is -0.708. The van der Waals surface area contributed by atoms with Gasteiger partial charge in [0.05, 0.1) is 13.2 Å². The highest BCUT2D eigenvalue weighted by Gasteiger charge is 2.51. The molecule has 7 heteroatoms. The molecule has 1 saturated heterocycles. The zero-order chi connectivity index (χ0) is 21.0. The Kier molecular flexibility index (Phi) is 5.83. The molecule has 1 fully saturated rings. The van der Waals surface area contributed by atoms with E-state index in [0.717, 1.165) is 11.1 Å². The number of ether oxygens (including phenoxy) is 5. The van der Waals surface area contributed by atoms with Crippen molar-refractivity contribution in [1.29, 1.82) is 0 Å². The van der Waals surface area contributed by atoms with E-state index >= 15 is 0 Å². The predicted octanol–water partition coefficient (Wildman–Crippen LogP) is 3.69. The van der Waals surface area contributed by atoms with Gasteiger partial charge in [0.2, 0.25) is 5.60 Å². The number of benzene rings is 2. The van der Waals surface area contributed by atoms with Crippen LogP contribution in [0.2, 0.25) is 0 Å². The van der Waals surface area contributed by atoms with Crippen LogP contribution < -0.4 is 0 Å². The van der Waals surface area contributed by atoms with Crippen LogP contribution in [0.5, 0.6) is 0 Å².